The van der Waals surface area contributed by atoms with Gasteiger partial charge < -0.3 is 10.0 Å². The van der Waals surface area contributed by atoms with E-state index in [9.17, 15) is 9.90 Å². The fraction of sp³-hybridized carbons (Fsp3) is 0.632. The lowest BCUT2D eigenvalue weighted by atomic mass is 9.81. The molecule has 0 bridgehead atoms. The van der Waals surface area contributed by atoms with E-state index in [2.05, 4.69) is 46.6 Å². The van der Waals surface area contributed by atoms with Gasteiger partial charge in [-0.15, -0.1) is 0 Å². The Hall–Kier alpha value is -1.95. The molecule has 25 heavy (non-hydrogen) atoms. The third kappa shape index (κ3) is 3.40. The van der Waals surface area contributed by atoms with Gasteiger partial charge in [0.25, 0.3) is 0 Å². The van der Waals surface area contributed by atoms with Crippen LogP contribution in [0.25, 0.3) is 0 Å². The van der Waals surface area contributed by atoms with E-state index in [0.717, 1.165) is 43.9 Å². The molecule has 6 nitrogen and oxygen atoms in total. The summed E-state index contributed by atoms with van der Waals surface area (Å²) in [5.74, 6) is 0.383. The van der Waals surface area contributed by atoms with Gasteiger partial charge in [-0.2, -0.15) is 0 Å². The summed E-state index contributed by atoms with van der Waals surface area (Å²) in [6, 6.07) is 0. The second kappa shape index (κ2) is 7.12. The average Bonchev–Trinajstić information content (AvgIpc) is 3.09. The van der Waals surface area contributed by atoms with E-state index in [1.807, 2.05) is 6.20 Å². The van der Waals surface area contributed by atoms with Crippen molar-refractivity contribution in [2.75, 3.05) is 37.6 Å². The summed E-state index contributed by atoms with van der Waals surface area (Å²) in [4.78, 5) is 25.2. The second-order valence-corrected chi connectivity index (χ2v) is 7.64. The molecule has 0 aromatic carbocycles. The molecule has 136 valence electrons. The number of hydrogen-bond donors (Lipinski definition) is 1. The summed E-state index contributed by atoms with van der Waals surface area (Å²) in [7, 11) is 0. The third-order valence-corrected chi connectivity index (χ3v) is 5.45. The number of allylic oxidation sites excluding steroid dienone is 1. The first-order chi connectivity index (χ1) is 12.0. The molecule has 2 atom stereocenters. The van der Waals surface area contributed by atoms with Crippen molar-refractivity contribution in [3.63, 3.8) is 0 Å². The number of carbonyl (C=O) groups is 1. The SMILES string of the molecule is CCCc1cncnc1N1C[C@H]2CN(CC=C(C)C)C[C@@]2(C(=O)O)C1. The maximum atomic E-state index is 12.2. The normalized spacial score (nSPS) is 25.9. The van der Waals surface area contributed by atoms with Crippen LogP contribution >= 0.6 is 0 Å². The van der Waals surface area contributed by atoms with Crippen molar-refractivity contribution in [2.24, 2.45) is 11.3 Å². The first-order valence-electron chi connectivity index (χ1n) is 9.09. The Bertz CT molecular complexity index is 671. The van der Waals surface area contributed by atoms with Crippen LogP contribution in [-0.2, 0) is 11.2 Å². The molecule has 2 fully saturated rings. The van der Waals surface area contributed by atoms with E-state index in [-0.39, 0.29) is 5.92 Å². The fourth-order valence-corrected chi connectivity index (χ4v) is 4.17. The van der Waals surface area contributed by atoms with Gasteiger partial charge in [-0.25, -0.2) is 9.97 Å². The van der Waals surface area contributed by atoms with Crippen LogP contribution in [-0.4, -0.2) is 58.7 Å². The summed E-state index contributed by atoms with van der Waals surface area (Å²) in [6.07, 6.45) is 7.56. The Morgan fingerprint density at radius 3 is 2.84 bits per heavy atom. The lowest BCUT2D eigenvalue weighted by Crippen LogP contribution is -2.41. The highest BCUT2D eigenvalue weighted by Gasteiger charge is 2.57. The number of rotatable bonds is 6. The summed E-state index contributed by atoms with van der Waals surface area (Å²) >= 11 is 0. The molecule has 0 amide bonds. The summed E-state index contributed by atoms with van der Waals surface area (Å²) in [6.45, 7) is 9.86. The lowest BCUT2D eigenvalue weighted by Gasteiger charge is -2.26. The number of anilines is 1. The Kier molecular flexibility index (Phi) is 5.08. The van der Waals surface area contributed by atoms with Gasteiger partial charge in [-0.3, -0.25) is 9.69 Å². The van der Waals surface area contributed by atoms with Crippen molar-refractivity contribution in [3.8, 4) is 0 Å². The second-order valence-electron chi connectivity index (χ2n) is 7.64. The summed E-state index contributed by atoms with van der Waals surface area (Å²) in [5, 5.41) is 10.0. The minimum Gasteiger partial charge on any atom is -0.481 e. The van der Waals surface area contributed by atoms with Crippen molar-refractivity contribution in [1.29, 1.82) is 0 Å². The Morgan fingerprint density at radius 1 is 1.40 bits per heavy atom. The highest BCUT2D eigenvalue weighted by Crippen LogP contribution is 2.44. The molecule has 1 N–H and O–H groups in total. The predicted molar refractivity (Wildman–Crippen MR) is 97.7 cm³/mol. The highest BCUT2D eigenvalue weighted by molar-refractivity contribution is 5.78. The zero-order chi connectivity index (χ0) is 18.0. The maximum Gasteiger partial charge on any atom is 0.313 e. The molecule has 6 heteroatoms. The van der Waals surface area contributed by atoms with Crippen molar-refractivity contribution in [3.05, 3.63) is 29.7 Å². The van der Waals surface area contributed by atoms with Crippen molar-refractivity contribution in [1.82, 2.24) is 14.9 Å². The Morgan fingerprint density at radius 2 is 2.20 bits per heavy atom. The first kappa shape index (κ1) is 17.9. The number of aliphatic carboxylic acids is 1. The molecular weight excluding hydrogens is 316 g/mol. The van der Waals surface area contributed by atoms with Gasteiger partial charge in [0, 0.05) is 50.4 Å². The van der Waals surface area contributed by atoms with Gasteiger partial charge in [-0.1, -0.05) is 25.0 Å². The van der Waals surface area contributed by atoms with Crippen molar-refractivity contribution >= 4 is 11.8 Å². The third-order valence-electron chi connectivity index (χ3n) is 5.45. The van der Waals surface area contributed by atoms with Crippen LogP contribution < -0.4 is 4.90 Å². The molecular formula is C19H28N4O2. The number of aryl methyl sites for hydroxylation is 1. The number of carboxylic acids is 1. The Balaban J connectivity index is 1.81. The van der Waals surface area contributed by atoms with Gasteiger partial charge in [-0.05, 0) is 20.3 Å². The number of carboxylic acid groups (broad SMARTS) is 1. The number of fused-ring (bicyclic) bond motifs is 1. The Labute approximate surface area is 149 Å². The number of nitrogens with zero attached hydrogens (tertiary/aromatic N) is 4. The minimum atomic E-state index is -0.691. The van der Waals surface area contributed by atoms with Crippen LogP contribution in [0.2, 0.25) is 0 Å². The number of aromatic nitrogens is 2. The van der Waals surface area contributed by atoms with Gasteiger partial charge in [0.05, 0.1) is 0 Å². The molecule has 1 aromatic rings. The molecule has 2 saturated heterocycles. The van der Waals surface area contributed by atoms with E-state index >= 15 is 0 Å². The monoisotopic (exact) mass is 344 g/mol. The van der Waals surface area contributed by atoms with Crippen LogP contribution in [0.4, 0.5) is 5.82 Å². The maximum absolute atomic E-state index is 12.2. The summed E-state index contributed by atoms with van der Waals surface area (Å²) in [5.41, 5.74) is 1.70. The van der Waals surface area contributed by atoms with Crippen LogP contribution in [0, 0.1) is 11.3 Å². The van der Waals surface area contributed by atoms with Crippen molar-refractivity contribution < 1.29 is 9.90 Å². The topological polar surface area (TPSA) is 69.6 Å². The standard InChI is InChI=1S/C19H28N4O2/c1-4-5-15-8-20-13-21-17(15)23-10-16-9-22(7-6-14(2)3)11-19(16,12-23)18(24)25/h6,8,13,16H,4-5,7,9-12H2,1-3H3,(H,24,25)/t16-,19-/m1/s1. The largest absolute Gasteiger partial charge is 0.481 e. The van der Waals surface area contributed by atoms with E-state index in [0.29, 0.717) is 13.1 Å². The van der Waals surface area contributed by atoms with E-state index < -0.39 is 11.4 Å². The van der Waals surface area contributed by atoms with Gasteiger partial charge in [0.15, 0.2) is 0 Å². The zero-order valence-electron chi connectivity index (χ0n) is 15.4. The van der Waals surface area contributed by atoms with E-state index in [4.69, 9.17) is 0 Å². The van der Waals surface area contributed by atoms with E-state index in [1.165, 1.54) is 5.57 Å². The molecule has 0 unspecified atom stereocenters. The smallest absolute Gasteiger partial charge is 0.313 e. The number of hydrogen-bond acceptors (Lipinski definition) is 5. The molecule has 0 aliphatic carbocycles. The zero-order valence-corrected chi connectivity index (χ0v) is 15.4. The quantitative estimate of drug-likeness (QED) is 0.798. The predicted octanol–water partition coefficient (Wildman–Crippen LogP) is 2.22. The van der Waals surface area contributed by atoms with Crippen LogP contribution in [0.1, 0.15) is 32.8 Å². The molecule has 2 aliphatic rings. The molecule has 3 rings (SSSR count). The fourth-order valence-electron chi connectivity index (χ4n) is 4.17. The van der Waals surface area contributed by atoms with Gasteiger partial charge in [0.1, 0.15) is 17.6 Å². The molecule has 0 saturated carbocycles. The van der Waals surface area contributed by atoms with Crippen LogP contribution in [0.15, 0.2) is 24.2 Å². The van der Waals surface area contributed by atoms with Crippen molar-refractivity contribution in [2.45, 2.75) is 33.6 Å². The summed E-state index contributed by atoms with van der Waals surface area (Å²) < 4.78 is 0. The van der Waals surface area contributed by atoms with Crippen LogP contribution in [0.3, 0.4) is 0 Å². The van der Waals surface area contributed by atoms with Gasteiger partial charge in [0.2, 0.25) is 0 Å². The molecule has 1 aromatic heterocycles. The molecule has 0 spiro atoms. The lowest BCUT2D eigenvalue weighted by molar-refractivity contribution is -0.148. The van der Waals surface area contributed by atoms with Crippen LogP contribution in [0.5, 0.6) is 0 Å². The molecule has 2 aliphatic heterocycles. The molecule has 3 heterocycles. The first-order valence-corrected chi connectivity index (χ1v) is 9.09. The minimum absolute atomic E-state index is 0.139. The van der Waals surface area contributed by atoms with E-state index in [1.54, 1.807) is 6.33 Å². The number of likely N-dealkylation sites (tertiary alicyclic amines) is 1. The molecule has 0 radical (unpaired) electrons. The van der Waals surface area contributed by atoms with Gasteiger partial charge >= 0.3 is 5.97 Å². The highest BCUT2D eigenvalue weighted by atomic mass is 16.4. The average molecular weight is 344 g/mol.